The molecule has 0 saturated heterocycles. The molecule has 1 nitrogen and oxygen atoms in total. The zero-order chi connectivity index (χ0) is 11.3. The Balaban J connectivity index is 2.54. The Morgan fingerprint density at radius 2 is 2.20 bits per heavy atom. The Hall–Kier alpha value is -0.310. The summed E-state index contributed by atoms with van der Waals surface area (Å²) in [6, 6.07) is 5.29. The van der Waals surface area contributed by atoms with Crippen LogP contribution < -0.4 is 5.32 Å². The van der Waals surface area contributed by atoms with Gasteiger partial charge in [-0.05, 0) is 19.4 Å². The number of nitrogens with one attached hydrogen (secondary N) is 1. The van der Waals surface area contributed by atoms with Crippen molar-refractivity contribution < 1.29 is 4.39 Å². The highest BCUT2D eigenvalue weighted by Gasteiger charge is 2.07. The standard InChI is InChI=1S/C11H14Cl2FN/c1-8(5-6-12)15-7-9-3-2-4-10(13)11(9)14/h2-4,8,15H,5-7H2,1H3. The number of benzene rings is 1. The molecule has 84 valence electrons. The van der Waals surface area contributed by atoms with Crippen LogP contribution in [-0.4, -0.2) is 11.9 Å². The summed E-state index contributed by atoms with van der Waals surface area (Å²) in [7, 11) is 0. The normalized spacial score (nSPS) is 12.8. The fraction of sp³-hybridized carbons (Fsp3) is 0.455. The zero-order valence-corrected chi connectivity index (χ0v) is 10.1. The second kappa shape index (κ2) is 6.31. The lowest BCUT2D eigenvalue weighted by atomic mass is 10.2. The van der Waals surface area contributed by atoms with Crippen molar-refractivity contribution in [2.24, 2.45) is 0 Å². The summed E-state index contributed by atoms with van der Waals surface area (Å²) >= 11 is 11.3. The van der Waals surface area contributed by atoms with E-state index in [0.29, 0.717) is 18.0 Å². The molecule has 0 aliphatic rings. The van der Waals surface area contributed by atoms with E-state index in [1.807, 2.05) is 6.92 Å². The minimum atomic E-state index is -0.343. The van der Waals surface area contributed by atoms with E-state index in [2.05, 4.69) is 5.32 Å². The summed E-state index contributed by atoms with van der Waals surface area (Å²) in [4.78, 5) is 0. The monoisotopic (exact) mass is 249 g/mol. The van der Waals surface area contributed by atoms with Crippen LogP contribution in [0.5, 0.6) is 0 Å². The van der Waals surface area contributed by atoms with Crippen LogP contribution in [0.25, 0.3) is 0 Å². The third kappa shape index (κ3) is 3.98. The Morgan fingerprint density at radius 1 is 1.47 bits per heavy atom. The van der Waals surface area contributed by atoms with Crippen LogP contribution in [0.15, 0.2) is 18.2 Å². The first-order valence-electron chi connectivity index (χ1n) is 4.87. The molecule has 1 unspecified atom stereocenters. The molecule has 1 aromatic rings. The molecule has 15 heavy (non-hydrogen) atoms. The molecule has 0 aliphatic heterocycles. The molecule has 0 fully saturated rings. The summed E-state index contributed by atoms with van der Waals surface area (Å²) in [5.74, 6) is 0.261. The van der Waals surface area contributed by atoms with Gasteiger partial charge in [0, 0.05) is 24.0 Å². The third-order valence-electron chi connectivity index (χ3n) is 2.21. The van der Waals surface area contributed by atoms with Crippen molar-refractivity contribution in [3.8, 4) is 0 Å². The molecule has 0 aliphatic carbocycles. The molecule has 1 atom stereocenters. The number of halogens is 3. The van der Waals surface area contributed by atoms with Crippen LogP contribution in [0, 0.1) is 5.82 Å². The number of rotatable bonds is 5. The first-order chi connectivity index (χ1) is 7.15. The van der Waals surface area contributed by atoms with Crippen molar-refractivity contribution in [3.05, 3.63) is 34.6 Å². The predicted octanol–water partition coefficient (Wildman–Crippen LogP) is 3.59. The highest BCUT2D eigenvalue weighted by atomic mass is 35.5. The van der Waals surface area contributed by atoms with Crippen LogP contribution in [0.4, 0.5) is 4.39 Å². The van der Waals surface area contributed by atoms with Crippen molar-refractivity contribution >= 4 is 23.2 Å². The van der Waals surface area contributed by atoms with Gasteiger partial charge >= 0.3 is 0 Å². The minimum absolute atomic E-state index is 0.166. The van der Waals surface area contributed by atoms with Gasteiger partial charge < -0.3 is 5.32 Å². The van der Waals surface area contributed by atoms with Gasteiger partial charge in [-0.15, -0.1) is 11.6 Å². The summed E-state index contributed by atoms with van der Waals surface area (Å²) in [5, 5.41) is 3.35. The molecular formula is C11H14Cl2FN. The maximum absolute atomic E-state index is 13.4. The van der Waals surface area contributed by atoms with E-state index < -0.39 is 0 Å². The molecule has 0 aromatic heterocycles. The molecule has 0 saturated carbocycles. The van der Waals surface area contributed by atoms with Gasteiger partial charge in [0.2, 0.25) is 0 Å². The molecule has 0 bridgehead atoms. The lowest BCUT2D eigenvalue weighted by Gasteiger charge is -2.12. The molecular weight excluding hydrogens is 236 g/mol. The molecule has 4 heteroatoms. The molecule has 0 heterocycles. The van der Waals surface area contributed by atoms with Gasteiger partial charge in [0.15, 0.2) is 0 Å². The van der Waals surface area contributed by atoms with Crippen molar-refractivity contribution in [3.63, 3.8) is 0 Å². The fourth-order valence-electron chi connectivity index (χ4n) is 1.23. The number of hydrogen-bond donors (Lipinski definition) is 1. The Bertz CT molecular complexity index is 317. The maximum Gasteiger partial charge on any atom is 0.146 e. The molecule has 1 N–H and O–H groups in total. The zero-order valence-electron chi connectivity index (χ0n) is 8.56. The van der Waals surface area contributed by atoms with Crippen LogP contribution in [0.2, 0.25) is 5.02 Å². The smallest absolute Gasteiger partial charge is 0.146 e. The van der Waals surface area contributed by atoms with Crippen molar-refractivity contribution in [2.75, 3.05) is 5.88 Å². The van der Waals surface area contributed by atoms with Crippen LogP contribution in [0.1, 0.15) is 18.9 Å². The average molecular weight is 250 g/mol. The first-order valence-corrected chi connectivity index (χ1v) is 5.78. The van der Waals surface area contributed by atoms with Gasteiger partial charge in [0.25, 0.3) is 0 Å². The van der Waals surface area contributed by atoms with E-state index in [9.17, 15) is 4.39 Å². The van der Waals surface area contributed by atoms with Crippen molar-refractivity contribution in [2.45, 2.75) is 25.9 Å². The lowest BCUT2D eigenvalue weighted by molar-refractivity contribution is 0.518. The third-order valence-corrected chi connectivity index (χ3v) is 2.72. The van der Waals surface area contributed by atoms with Crippen LogP contribution in [0.3, 0.4) is 0 Å². The molecule has 0 amide bonds. The minimum Gasteiger partial charge on any atom is -0.310 e. The second-order valence-corrected chi connectivity index (χ2v) is 4.26. The van der Waals surface area contributed by atoms with E-state index in [1.165, 1.54) is 0 Å². The van der Waals surface area contributed by atoms with E-state index in [-0.39, 0.29) is 16.9 Å². The molecule has 0 radical (unpaired) electrons. The van der Waals surface area contributed by atoms with Crippen LogP contribution >= 0.6 is 23.2 Å². The van der Waals surface area contributed by atoms with Gasteiger partial charge in [-0.2, -0.15) is 0 Å². The number of alkyl halides is 1. The van der Waals surface area contributed by atoms with Gasteiger partial charge in [-0.25, -0.2) is 4.39 Å². The van der Waals surface area contributed by atoms with E-state index >= 15 is 0 Å². The quantitative estimate of drug-likeness (QED) is 0.787. The molecule has 1 aromatic carbocycles. The van der Waals surface area contributed by atoms with Crippen LogP contribution in [-0.2, 0) is 6.54 Å². The van der Waals surface area contributed by atoms with Crippen molar-refractivity contribution in [1.29, 1.82) is 0 Å². The Labute approximate surface area is 99.6 Å². The Kier molecular flexibility index (Phi) is 5.37. The van der Waals surface area contributed by atoms with E-state index in [4.69, 9.17) is 23.2 Å². The maximum atomic E-state index is 13.4. The second-order valence-electron chi connectivity index (χ2n) is 3.47. The highest BCUT2D eigenvalue weighted by Crippen LogP contribution is 2.17. The summed E-state index contributed by atoms with van der Waals surface area (Å²) in [6.45, 7) is 2.50. The summed E-state index contributed by atoms with van der Waals surface area (Å²) in [6.07, 6.45) is 0.865. The summed E-state index contributed by atoms with van der Waals surface area (Å²) in [5.41, 5.74) is 0.587. The first kappa shape index (κ1) is 12.8. The summed E-state index contributed by atoms with van der Waals surface area (Å²) < 4.78 is 13.4. The van der Waals surface area contributed by atoms with E-state index in [1.54, 1.807) is 18.2 Å². The van der Waals surface area contributed by atoms with E-state index in [0.717, 1.165) is 6.42 Å². The Morgan fingerprint density at radius 3 is 2.87 bits per heavy atom. The van der Waals surface area contributed by atoms with Crippen molar-refractivity contribution in [1.82, 2.24) is 5.32 Å². The van der Waals surface area contributed by atoms with Gasteiger partial charge in [0.1, 0.15) is 5.82 Å². The topological polar surface area (TPSA) is 12.0 Å². The highest BCUT2D eigenvalue weighted by molar-refractivity contribution is 6.30. The average Bonchev–Trinajstić information content (AvgIpc) is 2.21. The predicted molar refractivity (Wildman–Crippen MR) is 63.0 cm³/mol. The molecule has 0 spiro atoms. The fourth-order valence-corrected chi connectivity index (χ4v) is 1.76. The largest absolute Gasteiger partial charge is 0.310 e. The van der Waals surface area contributed by atoms with Gasteiger partial charge in [0.05, 0.1) is 5.02 Å². The molecule has 1 rings (SSSR count). The lowest BCUT2D eigenvalue weighted by Crippen LogP contribution is -2.26. The SMILES string of the molecule is CC(CCCl)NCc1cccc(Cl)c1F. The van der Waals surface area contributed by atoms with Gasteiger partial charge in [-0.1, -0.05) is 23.7 Å². The van der Waals surface area contributed by atoms with Gasteiger partial charge in [-0.3, -0.25) is 0 Å². The number of hydrogen-bond acceptors (Lipinski definition) is 1.